The molecule has 1 aliphatic heterocycles. The van der Waals surface area contributed by atoms with Gasteiger partial charge in [-0.25, -0.2) is 0 Å². The number of piperidine rings is 1. The Kier molecular flexibility index (Phi) is 5.51. The summed E-state index contributed by atoms with van der Waals surface area (Å²) in [5, 5.41) is 0. The van der Waals surface area contributed by atoms with Crippen molar-refractivity contribution in [2.75, 3.05) is 19.6 Å². The van der Waals surface area contributed by atoms with Gasteiger partial charge in [-0.1, -0.05) is 12.1 Å². The van der Waals surface area contributed by atoms with Crippen molar-refractivity contribution in [3.05, 3.63) is 29.8 Å². The van der Waals surface area contributed by atoms with Crippen molar-refractivity contribution < 1.29 is 22.7 Å². The van der Waals surface area contributed by atoms with E-state index in [1.807, 2.05) is 0 Å². The zero-order valence-corrected chi connectivity index (χ0v) is 13.0. The molecule has 1 saturated heterocycles. The lowest BCUT2D eigenvalue weighted by Crippen LogP contribution is -2.45. The van der Waals surface area contributed by atoms with E-state index in [0.29, 0.717) is 25.6 Å². The molecule has 0 bridgehead atoms. The van der Waals surface area contributed by atoms with Gasteiger partial charge >= 0.3 is 6.18 Å². The van der Waals surface area contributed by atoms with Crippen LogP contribution in [0.3, 0.4) is 0 Å². The van der Waals surface area contributed by atoms with E-state index in [2.05, 4.69) is 0 Å². The highest BCUT2D eigenvalue weighted by molar-refractivity contribution is 5.81. The number of carbonyl (C=O) groups excluding carboxylic acids is 1. The summed E-state index contributed by atoms with van der Waals surface area (Å²) in [5.74, 6) is -0.212. The van der Waals surface area contributed by atoms with Crippen molar-refractivity contribution in [2.45, 2.75) is 32.0 Å². The highest BCUT2D eigenvalue weighted by Gasteiger charge is 2.35. The first kappa shape index (κ1) is 17.6. The summed E-state index contributed by atoms with van der Waals surface area (Å²) in [4.78, 5) is 14.0. The van der Waals surface area contributed by atoms with E-state index >= 15 is 0 Å². The molecule has 0 spiro atoms. The molecule has 128 valence electrons. The minimum absolute atomic E-state index is 0.294. The molecule has 1 aliphatic rings. The van der Waals surface area contributed by atoms with Crippen LogP contribution in [0.1, 0.15) is 25.3 Å². The average molecular weight is 330 g/mol. The van der Waals surface area contributed by atoms with Gasteiger partial charge in [0.2, 0.25) is 0 Å². The highest BCUT2D eigenvalue weighted by Crippen LogP contribution is 2.36. The molecule has 1 unspecified atom stereocenters. The second kappa shape index (κ2) is 7.21. The number of amides is 1. The predicted molar refractivity (Wildman–Crippen MR) is 79.9 cm³/mol. The summed E-state index contributed by atoms with van der Waals surface area (Å²) in [5.41, 5.74) is 4.74. The third kappa shape index (κ3) is 4.37. The molecule has 0 aromatic heterocycles. The number of nitrogens with zero attached hydrogens (tertiary/aromatic N) is 1. The standard InChI is InChI=1S/C16H21F3N2O2/c1-11(15(22)21-8-6-12(10-20)7-9-21)23-14-5-3-2-4-13(14)16(17,18)19/h2-5,11-12H,6-10,20H2,1H3. The van der Waals surface area contributed by atoms with Crippen molar-refractivity contribution in [3.63, 3.8) is 0 Å². The number of hydrogen-bond acceptors (Lipinski definition) is 3. The van der Waals surface area contributed by atoms with Gasteiger partial charge in [0, 0.05) is 13.1 Å². The molecular weight excluding hydrogens is 309 g/mol. The molecule has 0 aliphatic carbocycles. The largest absolute Gasteiger partial charge is 0.480 e. The summed E-state index contributed by atoms with van der Waals surface area (Å²) in [6.45, 7) is 3.20. The number of benzene rings is 1. The monoisotopic (exact) mass is 330 g/mol. The fourth-order valence-corrected chi connectivity index (χ4v) is 2.69. The molecule has 1 heterocycles. The molecule has 2 N–H and O–H groups in total. The molecular formula is C16H21F3N2O2. The number of rotatable bonds is 4. The summed E-state index contributed by atoms with van der Waals surface area (Å²) < 4.78 is 44.2. The first-order valence-corrected chi connectivity index (χ1v) is 7.64. The van der Waals surface area contributed by atoms with Gasteiger partial charge in [-0.2, -0.15) is 13.2 Å². The predicted octanol–water partition coefficient (Wildman–Crippen LogP) is 2.67. The van der Waals surface area contributed by atoms with Crippen LogP contribution in [-0.4, -0.2) is 36.5 Å². The summed E-state index contributed by atoms with van der Waals surface area (Å²) >= 11 is 0. The van der Waals surface area contributed by atoms with Gasteiger partial charge in [-0.15, -0.1) is 0 Å². The Morgan fingerprint density at radius 1 is 1.35 bits per heavy atom. The average Bonchev–Trinajstić information content (AvgIpc) is 2.53. The Labute approximate surface area is 133 Å². The fraction of sp³-hybridized carbons (Fsp3) is 0.562. The van der Waals surface area contributed by atoms with Crippen LogP contribution in [0.15, 0.2) is 24.3 Å². The number of halogens is 3. The van der Waals surface area contributed by atoms with Crippen LogP contribution in [-0.2, 0) is 11.0 Å². The van der Waals surface area contributed by atoms with Crippen LogP contribution in [0.25, 0.3) is 0 Å². The maximum Gasteiger partial charge on any atom is 0.419 e. The summed E-state index contributed by atoms with van der Waals surface area (Å²) in [6.07, 6.45) is -3.85. The first-order valence-electron chi connectivity index (χ1n) is 7.64. The molecule has 0 radical (unpaired) electrons. The van der Waals surface area contributed by atoms with E-state index in [-0.39, 0.29) is 11.7 Å². The third-order valence-electron chi connectivity index (χ3n) is 4.10. The molecule has 2 rings (SSSR count). The van der Waals surface area contributed by atoms with E-state index in [4.69, 9.17) is 10.5 Å². The van der Waals surface area contributed by atoms with Gasteiger partial charge in [0.05, 0.1) is 5.56 Å². The SMILES string of the molecule is CC(Oc1ccccc1C(F)(F)F)C(=O)N1CCC(CN)CC1. The van der Waals surface area contributed by atoms with Crippen LogP contribution in [0.2, 0.25) is 0 Å². The molecule has 0 saturated carbocycles. The van der Waals surface area contributed by atoms with Crippen molar-refractivity contribution in [3.8, 4) is 5.75 Å². The van der Waals surface area contributed by atoms with Crippen molar-refractivity contribution >= 4 is 5.91 Å². The lowest BCUT2D eigenvalue weighted by atomic mass is 9.97. The Bertz CT molecular complexity index is 540. The Morgan fingerprint density at radius 2 is 1.96 bits per heavy atom. The molecule has 1 aromatic rings. The number of alkyl halides is 3. The van der Waals surface area contributed by atoms with Gasteiger partial charge in [0.1, 0.15) is 5.75 Å². The molecule has 1 fully saturated rings. The molecule has 1 amide bonds. The molecule has 4 nitrogen and oxygen atoms in total. The molecule has 7 heteroatoms. The topological polar surface area (TPSA) is 55.6 Å². The van der Waals surface area contributed by atoms with E-state index in [0.717, 1.165) is 18.9 Å². The second-order valence-corrected chi connectivity index (χ2v) is 5.76. The second-order valence-electron chi connectivity index (χ2n) is 5.76. The van der Waals surface area contributed by atoms with E-state index in [1.165, 1.54) is 25.1 Å². The van der Waals surface area contributed by atoms with Gasteiger partial charge < -0.3 is 15.4 Å². The lowest BCUT2D eigenvalue weighted by molar-refractivity contribution is -0.144. The van der Waals surface area contributed by atoms with Gasteiger partial charge in [-0.3, -0.25) is 4.79 Å². The smallest absolute Gasteiger partial charge is 0.419 e. The molecule has 1 atom stereocenters. The van der Waals surface area contributed by atoms with Gasteiger partial charge in [0.15, 0.2) is 6.10 Å². The van der Waals surface area contributed by atoms with Crippen molar-refractivity contribution in [2.24, 2.45) is 11.7 Å². The first-order chi connectivity index (χ1) is 10.8. The van der Waals surface area contributed by atoms with E-state index in [1.54, 1.807) is 4.90 Å². The van der Waals surface area contributed by atoms with Crippen molar-refractivity contribution in [1.29, 1.82) is 0 Å². The Morgan fingerprint density at radius 3 is 2.52 bits per heavy atom. The fourth-order valence-electron chi connectivity index (χ4n) is 2.69. The number of hydrogen-bond donors (Lipinski definition) is 1. The maximum absolute atomic E-state index is 12.9. The van der Waals surface area contributed by atoms with Crippen LogP contribution >= 0.6 is 0 Å². The number of para-hydroxylation sites is 1. The Balaban J connectivity index is 2.02. The van der Waals surface area contributed by atoms with Crippen LogP contribution in [0.5, 0.6) is 5.75 Å². The number of ether oxygens (including phenoxy) is 1. The van der Waals surface area contributed by atoms with Gasteiger partial charge in [-0.05, 0) is 44.4 Å². The maximum atomic E-state index is 12.9. The van der Waals surface area contributed by atoms with Crippen molar-refractivity contribution in [1.82, 2.24) is 4.90 Å². The summed E-state index contributed by atoms with van der Waals surface area (Å²) in [6, 6.07) is 4.92. The quantitative estimate of drug-likeness (QED) is 0.923. The normalized spacial score (nSPS) is 17.9. The lowest BCUT2D eigenvalue weighted by Gasteiger charge is -2.33. The van der Waals surface area contributed by atoms with Crippen LogP contribution < -0.4 is 10.5 Å². The van der Waals surface area contributed by atoms with Crippen LogP contribution in [0.4, 0.5) is 13.2 Å². The minimum Gasteiger partial charge on any atom is -0.480 e. The van der Waals surface area contributed by atoms with E-state index in [9.17, 15) is 18.0 Å². The summed E-state index contributed by atoms with van der Waals surface area (Å²) in [7, 11) is 0. The number of carbonyl (C=O) groups is 1. The molecule has 23 heavy (non-hydrogen) atoms. The van der Waals surface area contributed by atoms with E-state index < -0.39 is 17.8 Å². The highest BCUT2D eigenvalue weighted by atomic mass is 19.4. The number of likely N-dealkylation sites (tertiary alicyclic amines) is 1. The molecule has 1 aromatic carbocycles. The van der Waals surface area contributed by atoms with Gasteiger partial charge in [0.25, 0.3) is 5.91 Å². The zero-order chi connectivity index (χ0) is 17.0. The minimum atomic E-state index is -4.52. The third-order valence-corrected chi connectivity index (χ3v) is 4.10. The number of nitrogens with two attached hydrogens (primary N) is 1. The Hall–Kier alpha value is -1.76. The zero-order valence-electron chi connectivity index (χ0n) is 13.0. The van der Waals surface area contributed by atoms with Crippen LogP contribution in [0, 0.1) is 5.92 Å².